The van der Waals surface area contributed by atoms with Crippen LogP contribution in [0.2, 0.25) is 0 Å². The van der Waals surface area contributed by atoms with Gasteiger partial charge in [-0.25, -0.2) is 13.1 Å². The van der Waals surface area contributed by atoms with Gasteiger partial charge in [-0.2, -0.15) is 0 Å². The summed E-state index contributed by atoms with van der Waals surface area (Å²) in [5.41, 5.74) is -0.606. The highest BCUT2D eigenvalue weighted by atomic mass is 32.2. The van der Waals surface area contributed by atoms with Crippen LogP contribution in [0.25, 0.3) is 0 Å². The summed E-state index contributed by atoms with van der Waals surface area (Å²) >= 11 is 1.61. The molecule has 21 heavy (non-hydrogen) atoms. The van der Waals surface area contributed by atoms with Crippen molar-refractivity contribution in [2.45, 2.75) is 32.1 Å². The SMILES string of the molecule is CC(C)(CNCC(O)COCc1cccs1)NS(C)(=O)=O. The fourth-order valence-electron chi connectivity index (χ4n) is 1.84. The molecule has 0 aliphatic carbocycles. The average molecular weight is 336 g/mol. The summed E-state index contributed by atoms with van der Waals surface area (Å²) in [6, 6.07) is 3.94. The first-order valence-corrected chi connectivity index (χ1v) is 9.43. The average Bonchev–Trinajstić information content (AvgIpc) is 2.78. The van der Waals surface area contributed by atoms with Crippen molar-refractivity contribution >= 4 is 21.4 Å². The van der Waals surface area contributed by atoms with Gasteiger partial charge in [-0.1, -0.05) is 6.07 Å². The fourth-order valence-corrected chi connectivity index (χ4v) is 3.55. The van der Waals surface area contributed by atoms with E-state index in [1.54, 1.807) is 25.2 Å². The zero-order valence-electron chi connectivity index (χ0n) is 12.6. The molecule has 0 saturated carbocycles. The third-order valence-corrected chi connectivity index (χ3v) is 4.32. The van der Waals surface area contributed by atoms with E-state index < -0.39 is 21.7 Å². The third-order valence-electron chi connectivity index (χ3n) is 2.54. The number of aliphatic hydroxyl groups is 1. The Morgan fingerprint density at radius 2 is 2.19 bits per heavy atom. The number of rotatable bonds is 10. The molecule has 0 bridgehead atoms. The molecule has 0 radical (unpaired) electrons. The van der Waals surface area contributed by atoms with Crippen LogP contribution in [0.1, 0.15) is 18.7 Å². The predicted molar refractivity (Wildman–Crippen MR) is 84.9 cm³/mol. The quantitative estimate of drug-likeness (QED) is 0.580. The van der Waals surface area contributed by atoms with Crippen molar-refractivity contribution in [3.63, 3.8) is 0 Å². The standard InChI is InChI=1S/C13H24N2O4S2/c1-13(2,15-21(3,17)18)10-14-7-11(16)8-19-9-12-5-4-6-20-12/h4-6,11,14-16H,7-10H2,1-3H3. The highest BCUT2D eigenvalue weighted by Crippen LogP contribution is 2.09. The van der Waals surface area contributed by atoms with Crippen molar-refractivity contribution in [3.8, 4) is 0 Å². The van der Waals surface area contributed by atoms with Gasteiger partial charge in [0, 0.05) is 23.5 Å². The number of ether oxygens (including phenoxy) is 1. The largest absolute Gasteiger partial charge is 0.389 e. The minimum atomic E-state index is -3.25. The molecule has 6 nitrogen and oxygen atoms in total. The van der Waals surface area contributed by atoms with Crippen LogP contribution in [0.4, 0.5) is 0 Å². The third kappa shape index (κ3) is 9.18. The van der Waals surface area contributed by atoms with E-state index in [4.69, 9.17) is 4.74 Å². The van der Waals surface area contributed by atoms with Gasteiger partial charge >= 0.3 is 0 Å². The maximum Gasteiger partial charge on any atom is 0.209 e. The van der Waals surface area contributed by atoms with Crippen molar-refractivity contribution in [2.75, 3.05) is 26.0 Å². The lowest BCUT2D eigenvalue weighted by Crippen LogP contribution is -2.51. The normalized spacial score (nSPS) is 14.3. The van der Waals surface area contributed by atoms with Gasteiger partial charge in [-0.15, -0.1) is 11.3 Å². The molecule has 1 aromatic heterocycles. The fraction of sp³-hybridized carbons (Fsp3) is 0.692. The van der Waals surface area contributed by atoms with Gasteiger partial charge in [0.05, 0.1) is 25.6 Å². The van der Waals surface area contributed by atoms with Crippen molar-refractivity contribution in [2.24, 2.45) is 0 Å². The number of sulfonamides is 1. The number of nitrogens with one attached hydrogen (secondary N) is 2. The molecule has 1 aromatic rings. The van der Waals surface area contributed by atoms with Gasteiger partial charge in [-0.3, -0.25) is 0 Å². The molecule has 122 valence electrons. The zero-order chi connectivity index (χ0) is 15.9. The molecule has 0 spiro atoms. The van der Waals surface area contributed by atoms with E-state index in [2.05, 4.69) is 10.0 Å². The second-order valence-corrected chi connectivity index (χ2v) is 8.42. The Morgan fingerprint density at radius 1 is 1.48 bits per heavy atom. The molecular formula is C13H24N2O4S2. The molecule has 0 fully saturated rings. The summed E-state index contributed by atoms with van der Waals surface area (Å²) < 4.78 is 30.3. The van der Waals surface area contributed by atoms with Crippen molar-refractivity contribution < 1.29 is 18.3 Å². The van der Waals surface area contributed by atoms with E-state index >= 15 is 0 Å². The number of hydrogen-bond acceptors (Lipinski definition) is 6. The van der Waals surface area contributed by atoms with Crippen LogP contribution < -0.4 is 10.0 Å². The highest BCUT2D eigenvalue weighted by Gasteiger charge is 2.21. The summed E-state index contributed by atoms with van der Waals surface area (Å²) in [5, 5.41) is 14.8. The Bertz CT molecular complexity index is 500. The molecule has 1 unspecified atom stereocenters. The molecule has 0 saturated heterocycles. The van der Waals surface area contributed by atoms with E-state index in [9.17, 15) is 13.5 Å². The molecule has 0 aliphatic rings. The smallest absolute Gasteiger partial charge is 0.209 e. The first-order valence-electron chi connectivity index (χ1n) is 6.66. The van der Waals surface area contributed by atoms with Gasteiger partial charge in [0.25, 0.3) is 0 Å². The van der Waals surface area contributed by atoms with E-state index in [0.717, 1.165) is 11.1 Å². The predicted octanol–water partition coefficient (Wildman–Crippen LogP) is 0.543. The molecule has 1 atom stereocenters. The maximum absolute atomic E-state index is 11.2. The Hall–Kier alpha value is -0.510. The Kier molecular flexibility index (Phi) is 7.25. The Balaban J connectivity index is 2.16. The maximum atomic E-state index is 11.2. The molecule has 0 aromatic carbocycles. The number of thiophene rings is 1. The van der Waals surface area contributed by atoms with Crippen LogP contribution in [-0.2, 0) is 21.4 Å². The van der Waals surface area contributed by atoms with Crippen molar-refractivity contribution in [3.05, 3.63) is 22.4 Å². The lowest BCUT2D eigenvalue weighted by Gasteiger charge is -2.26. The van der Waals surface area contributed by atoms with E-state index in [1.807, 2.05) is 17.5 Å². The lowest BCUT2D eigenvalue weighted by atomic mass is 10.1. The summed E-state index contributed by atoms with van der Waals surface area (Å²) in [7, 11) is -3.25. The molecule has 3 N–H and O–H groups in total. The molecule has 1 heterocycles. The zero-order valence-corrected chi connectivity index (χ0v) is 14.3. The highest BCUT2D eigenvalue weighted by molar-refractivity contribution is 7.88. The summed E-state index contributed by atoms with van der Waals surface area (Å²) in [4.78, 5) is 1.12. The summed E-state index contributed by atoms with van der Waals surface area (Å²) in [5.74, 6) is 0. The van der Waals surface area contributed by atoms with Gasteiger partial charge < -0.3 is 15.2 Å². The first kappa shape index (κ1) is 18.5. The molecule has 0 amide bonds. The van der Waals surface area contributed by atoms with Crippen LogP contribution in [0.3, 0.4) is 0 Å². The topological polar surface area (TPSA) is 87.7 Å². The van der Waals surface area contributed by atoms with Crippen molar-refractivity contribution in [1.29, 1.82) is 0 Å². The number of hydrogen-bond donors (Lipinski definition) is 3. The van der Waals surface area contributed by atoms with Crippen LogP contribution in [0, 0.1) is 0 Å². The monoisotopic (exact) mass is 336 g/mol. The van der Waals surface area contributed by atoms with Gasteiger partial charge in [0.1, 0.15) is 0 Å². The molecular weight excluding hydrogens is 312 g/mol. The Morgan fingerprint density at radius 3 is 2.76 bits per heavy atom. The Labute approximate surface area is 130 Å². The second-order valence-electron chi connectivity index (χ2n) is 5.64. The molecule has 8 heteroatoms. The van der Waals surface area contributed by atoms with Gasteiger partial charge in [0.2, 0.25) is 10.0 Å². The van der Waals surface area contributed by atoms with E-state index in [-0.39, 0.29) is 6.61 Å². The lowest BCUT2D eigenvalue weighted by molar-refractivity contribution is 0.0294. The van der Waals surface area contributed by atoms with Gasteiger partial charge in [-0.05, 0) is 25.3 Å². The summed E-state index contributed by atoms with van der Waals surface area (Å²) in [6.45, 7) is 5.06. The van der Waals surface area contributed by atoms with Crippen LogP contribution >= 0.6 is 11.3 Å². The van der Waals surface area contributed by atoms with Crippen LogP contribution in [-0.4, -0.2) is 51.1 Å². The van der Waals surface area contributed by atoms with Crippen LogP contribution in [0.15, 0.2) is 17.5 Å². The van der Waals surface area contributed by atoms with E-state index in [1.165, 1.54) is 0 Å². The van der Waals surface area contributed by atoms with E-state index in [0.29, 0.717) is 19.7 Å². The second kappa shape index (κ2) is 8.21. The summed E-state index contributed by atoms with van der Waals surface area (Å²) in [6.07, 6.45) is 0.501. The molecule has 1 rings (SSSR count). The number of aliphatic hydroxyl groups excluding tert-OH is 1. The first-order chi connectivity index (χ1) is 9.68. The minimum absolute atomic E-state index is 0.241. The van der Waals surface area contributed by atoms with Gasteiger partial charge in [0.15, 0.2) is 0 Å². The van der Waals surface area contributed by atoms with Crippen molar-refractivity contribution in [1.82, 2.24) is 10.0 Å². The molecule has 0 aliphatic heterocycles. The minimum Gasteiger partial charge on any atom is -0.389 e. The van der Waals surface area contributed by atoms with Crippen LogP contribution in [0.5, 0.6) is 0 Å².